The minimum atomic E-state index is -3.71. The van der Waals surface area contributed by atoms with E-state index in [1.165, 1.54) is 24.3 Å². The van der Waals surface area contributed by atoms with E-state index >= 15 is 0 Å². The second kappa shape index (κ2) is 12.0. The molecule has 0 saturated carbocycles. The summed E-state index contributed by atoms with van der Waals surface area (Å²) in [6, 6.07) is 19.1. The van der Waals surface area contributed by atoms with Gasteiger partial charge < -0.3 is 9.47 Å². The van der Waals surface area contributed by atoms with Crippen LogP contribution in [0.5, 0.6) is 11.5 Å². The quantitative estimate of drug-likeness (QED) is 0.206. The highest BCUT2D eigenvalue weighted by molar-refractivity contribution is 7.95. The summed E-state index contributed by atoms with van der Waals surface area (Å²) in [5.41, 5.74) is 0.429. The molecule has 3 aromatic rings. The zero-order valence-electron chi connectivity index (χ0n) is 24.7. The predicted octanol–water partition coefficient (Wildman–Crippen LogP) is 7.97. The van der Waals surface area contributed by atoms with Crippen molar-refractivity contribution in [3.8, 4) is 11.5 Å². The molecule has 0 aromatic heterocycles. The molecule has 8 heteroatoms. The van der Waals surface area contributed by atoms with Gasteiger partial charge in [-0.2, -0.15) is 0 Å². The van der Waals surface area contributed by atoms with Crippen LogP contribution >= 0.6 is 0 Å². The van der Waals surface area contributed by atoms with Crippen LogP contribution in [0, 0.1) is 0 Å². The van der Waals surface area contributed by atoms with E-state index < -0.39 is 19.7 Å². The zero-order chi connectivity index (χ0) is 30.8. The first-order valence-electron chi connectivity index (χ1n) is 13.9. The van der Waals surface area contributed by atoms with Gasteiger partial charge in [0.15, 0.2) is 0 Å². The number of ether oxygens (including phenoxy) is 2. The highest BCUT2D eigenvalue weighted by atomic mass is 32.2. The fraction of sp³-hybridized carbons (Fsp3) is 0.294. The Hall–Kier alpha value is -3.46. The number of allylic oxidation sites excluding steroid dienone is 2. The highest BCUT2D eigenvalue weighted by Crippen LogP contribution is 2.31. The Morgan fingerprint density at radius 2 is 1.26 bits per heavy atom. The van der Waals surface area contributed by atoms with Crippen LogP contribution in [-0.2, 0) is 29.8 Å². The standard InChI is InChI=1S/C34H38O6S2/c1-7-33(3,4)25-9-17-29(18-10-25)41(35,36)30-19-11-26(12-20-30)39-27-13-21-31(22-14-27)42(37,38)32-23-15-28(16-24-32)40-34(5,6)8-2/h7,9-15,17-24,28H,1,8,16H2,2-6H3. The maximum Gasteiger partial charge on any atom is 0.206 e. The molecular weight excluding hydrogens is 569 g/mol. The fourth-order valence-corrected chi connectivity index (χ4v) is 6.93. The molecule has 3 aromatic carbocycles. The summed E-state index contributed by atoms with van der Waals surface area (Å²) in [7, 11) is -7.40. The van der Waals surface area contributed by atoms with Gasteiger partial charge in [-0.05, 0) is 99.0 Å². The second-order valence-corrected chi connectivity index (χ2v) is 15.4. The molecule has 0 bridgehead atoms. The topological polar surface area (TPSA) is 86.7 Å². The molecule has 0 saturated heterocycles. The van der Waals surface area contributed by atoms with Crippen LogP contribution in [0.3, 0.4) is 0 Å². The SMILES string of the molecule is C=CC(C)(C)c1ccc(S(=O)(=O)c2ccc(Oc3ccc(S(=O)(=O)C4=CCC(OC(C)(C)CC)C=C4)cc3)cc2)cc1. The maximum atomic E-state index is 13.2. The number of benzene rings is 3. The lowest BCUT2D eigenvalue weighted by atomic mass is 9.85. The Balaban J connectivity index is 1.42. The molecule has 0 aliphatic heterocycles. The normalized spacial score (nSPS) is 16.1. The van der Waals surface area contributed by atoms with Gasteiger partial charge in [-0.15, -0.1) is 6.58 Å². The molecule has 222 valence electrons. The van der Waals surface area contributed by atoms with Crippen molar-refractivity contribution in [1.82, 2.24) is 0 Å². The third kappa shape index (κ3) is 6.94. The molecule has 6 nitrogen and oxygen atoms in total. The first-order chi connectivity index (χ1) is 19.7. The largest absolute Gasteiger partial charge is 0.457 e. The summed E-state index contributed by atoms with van der Waals surface area (Å²) in [5.74, 6) is 0.847. The third-order valence-electron chi connectivity index (χ3n) is 7.58. The molecule has 0 spiro atoms. The van der Waals surface area contributed by atoms with E-state index in [2.05, 4.69) is 13.5 Å². The van der Waals surface area contributed by atoms with Crippen LogP contribution < -0.4 is 4.74 Å². The highest BCUT2D eigenvalue weighted by Gasteiger charge is 2.26. The van der Waals surface area contributed by atoms with E-state index in [-0.39, 0.29) is 36.7 Å². The fourth-order valence-electron chi connectivity index (χ4n) is 4.32. The van der Waals surface area contributed by atoms with E-state index in [0.717, 1.165) is 12.0 Å². The van der Waals surface area contributed by atoms with Crippen molar-refractivity contribution in [3.05, 3.63) is 114 Å². The summed E-state index contributed by atoms with van der Waals surface area (Å²) in [6.07, 6.45) is 8.10. The predicted molar refractivity (Wildman–Crippen MR) is 166 cm³/mol. The molecule has 0 amide bonds. The van der Waals surface area contributed by atoms with E-state index in [1.54, 1.807) is 66.8 Å². The van der Waals surface area contributed by atoms with Crippen molar-refractivity contribution in [2.45, 2.75) is 79.3 Å². The molecule has 0 fully saturated rings. The number of hydrogen-bond donors (Lipinski definition) is 0. The van der Waals surface area contributed by atoms with Crippen molar-refractivity contribution >= 4 is 19.7 Å². The van der Waals surface area contributed by atoms with Gasteiger partial charge in [-0.3, -0.25) is 0 Å². The molecule has 1 atom stereocenters. The number of rotatable bonds is 11. The van der Waals surface area contributed by atoms with Gasteiger partial charge >= 0.3 is 0 Å². The van der Waals surface area contributed by atoms with Gasteiger partial charge in [0.25, 0.3) is 0 Å². The summed E-state index contributed by atoms with van der Waals surface area (Å²) in [6.45, 7) is 14.0. The van der Waals surface area contributed by atoms with Gasteiger partial charge in [-0.25, -0.2) is 16.8 Å². The summed E-state index contributed by atoms with van der Waals surface area (Å²) < 4.78 is 64.6. The average molecular weight is 607 g/mol. The summed E-state index contributed by atoms with van der Waals surface area (Å²) >= 11 is 0. The molecule has 0 radical (unpaired) electrons. The molecule has 42 heavy (non-hydrogen) atoms. The molecule has 0 heterocycles. The lowest BCUT2D eigenvalue weighted by Gasteiger charge is -2.29. The van der Waals surface area contributed by atoms with Crippen LogP contribution in [0.1, 0.15) is 53.0 Å². The first kappa shape index (κ1) is 31.5. The van der Waals surface area contributed by atoms with E-state index in [0.29, 0.717) is 17.9 Å². The van der Waals surface area contributed by atoms with Crippen molar-refractivity contribution in [1.29, 1.82) is 0 Å². The van der Waals surface area contributed by atoms with E-state index in [9.17, 15) is 16.8 Å². The Bertz CT molecular complexity index is 1690. The molecular formula is C34H38O6S2. The van der Waals surface area contributed by atoms with Crippen LogP contribution in [0.25, 0.3) is 0 Å². The number of hydrogen-bond acceptors (Lipinski definition) is 6. The van der Waals surface area contributed by atoms with Crippen molar-refractivity contribution in [3.63, 3.8) is 0 Å². The van der Waals surface area contributed by atoms with E-state index in [1.807, 2.05) is 33.8 Å². The maximum absolute atomic E-state index is 13.2. The summed E-state index contributed by atoms with van der Waals surface area (Å²) in [4.78, 5) is 0.739. The Morgan fingerprint density at radius 3 is 1.69 bits per heavy atom. The van der Waals surface area contributed by atoms with Crippen LogP contribution in [0.2, 0.25) is 0 Å². The first-order valence-corrected chi connectivity index (χ1v) is 16.8. The van der Waals surface area contributed by atoms with Gasteiger partial charge in [-0.1, -0.05) is 51.1 Å². The molecule has 0 N–H and O–H groups in total. The third-order valence-corrected chi connectivity index (χ3v) is 11.2. The Labute approximate surface area is 250 Å². The Kier molecular flexibility index (Phi) is 9.02. The minimum Gasteiger partial charge on any atom is -0.457 e. The lowest BCUT2D eigenvalue weighted by Crippen LogP contribution is -2.29. The van der Waals surface area contributed by atoms with Crippen LogP contribution in [0.4, 0.5) is 0 Å². The van der Waals surface area contributed by atoms with Crippen LogP contribution in [0.15, 0.2) is 123 Å². The monoisotopic (exact) mass is 606 g/mol. The average Bonchev–Trinajstić information content (AvgIpc) is 2.98. The van der Waals surface area contributed by atoms with E-state index in [4.69, 9.17) is 9.47 Å². The van der Waals surface area contributed by atoms with Crippen LogP contribution in [-0.4, -0.2) is 28.5 Å². The second-order valence-electron chi connectivity index (χ2n) is 11.5. The van der Waals surface area contributed by atoms with Gasteiger partial charge in [0.1, 0.15) is 11.5 Å². The molecule has 1 aliphatic carbocycles. The smallest absolute Gasteiger partial charge is 0.206 e. The van der Waals surface area contributed by atoms with Gasteiger partial charge in [0, 0.05) is 5.41 Å². The van der Waals surface area contributed by atoms with Crippen molar-refractivity contribution < 1.29 is 26.3 Å². The van der Waals surface area contributed by atoms with Crippen molar-refractivity contribution in [2.24, 2.45) is 0 Å². The molecule has 1 aliphatic rings. The zero-order valence-corrected chi connectivity index (χ0v) is 26.3. The summed E-state index contributed by atoms with van der Waals surface area (Å²) in [5, 5.41) is 0. The molecule has 4 rings (SSSR count). The number of sulfone groups is 2. The van der Waals surface area contributed by atoms with Gasteiger partial charge in [0.05, 0.1) is 31.3 Å². The van der Waals surface area contributed by atoms with Crippen molar-refractivity contribution in [2.75, 3.05) is 0 Å². The van der Waals surface area contributed by atoms with Gasteiger partial charge in [0.2, 0.25) is 19.7 Å². The lowest BCUT2D eigenvalue weighted by molar-refractivity contribution is -0.0519. The molecule has 1 unspecified atom stereocenters. The Morgan fingerprint density at radius 1 is 0.786 bits per heavy atom. The minimum absolute atomic E-state index is 0.145.